The maximum absolute atomic E-state index is 12.6. The summed E-state index contributed by atoms with van der Waals surface area (Å²) in [5.74, 6) is -0.0789. The van der Waals surface area contributed by atoms with Gasteiger partial charge in [-0.05, 0) is 36.2 Å². The third kappa shape index (κ3) is 3.52. The lowest BCUT2D eigenvalue weighted by molar-refractivity contribution is -0.141. The van der Waals surface area contributed by atoms with Crippen molar-refractivity contribution >= 4 is 34.7 Å². The highest BCUT2D eigenvalue weighted by Gasteiger charge is 2.33. The second kappa shape index (κ2) is 5.46. The molecule has 1 N–H and O–H groups in total. The van der Waals surface area contributed by atoms with E-state index in [4.69, 9.17) is 23.2 Å². The van der Waals surface area contributed by atoms with Gasteiger partial charge in [-0.15, -0.1) is 0 Å². The molecule has 106 valence electrons. The van der Waals surface area contributed by atoms with Crippen molar-refractivity contribution in [1.29, 1.82) is 0 Å². The molecule has 0 fully saturated rings. The fourth-order valence-corrected chi connectivity index (χ4v) is 1.85. The van der Waals surface area contributed by atoms with Crippen LogP contribution >= 0.6 is 23.2 Å². The first kappa shape index (κ1) is 14.9. The van der Waals surface area contributed by atoms with Crippen molar-refractivity contribution in [2.75, 3.05) is 5.32 Å². The van der Waals surface area contributed by atoms with Crippen LogP contribution in [0.3, 0.4) is 0 Å². The average molecular weight is 322 g/mol. The topological polar surface area (TPSA) is 37.8 Å². The van der Waals surface area contributed by atoms with Crippen molar-refractivity contribution < 1.29 is 13.2 Å². The van der Waals surface area contributed by atoms with E-state index in [9.17, 15) is 13.2 Å². The highest BCUT2D eigenvalue weighted by molar-refractivity contribution is 6.33. The molecule has 0 amide bonds. The second-order valence-electron chi connectivity index (χ2n) is 4.01. The van der Waals surface area contributed by atoms with Gasteiger partial charge >= 0.3 is 6.18 Å². The van der Waals surface area contributed by atoms with Crippen LogP contribution in [0, 0.1) is 6.92 Å². The van der Waals surface area contributed by atoms with Gasteiger partial charge in [-0.3, -0.25) is 0 Å². The van der Waals surface area contributed by atoms with Crippen LogP contribution in [-0.4, -0.2) is 9.97 Å². The van der Waals surface area contributed by atoms with E-state index in [2.05, 4.69) is 15.3 Å². The molecule has 0 atom stereocenters. The van der Waals surface area contributed by atoms with Crippen LogP contribution in [-0.2, 0) is 6.18 Å². The van der Waals surface area contributed by atoms with Crippen molar-refractivity contribution in [2.24, 2.45) is 0 Å². The van der Waals surface area contributed by atoms with E-state index in [1.54, 1.807) is 18.2 Å². The standard InChI is InChI=1S/C12H8Cl2F3N3/c1-6-2-3-7(13)8(4-6)18-10-5-9(12(15,16)17)19-11(14)20-10/h2-5H,1H3,(H,18,19,20). The quantitative estimate of drug-likeness (QED) is 0.803. The molecule has 0 aliphatic carbocycles. The lowest BCUT2D eigenvalue weighted by atomic mass is 10.2. The number of halogens is 5. The van der Waals surface area contributed by atoms with Crippen molar-refractivity contribution in [1.82, 2.24) is 9.97 Å². The summed E-state index contributed by atoms with van der Waals surface area (Å²) in [7, 11) is 0. The highest BCUT2D eigenvalue weighted by Crippen LogP contribution is 2.31. The SMILES string of the molecule is Cc1ccc(Cl)c(Nc2cc(C(F)(F)F)nc(Cl)n2)c1. The zero-order valence-electron chi connectivity index (χ0n) is 10.1. The van der Waals surface area contributed by atoms with Crippen LogP contribution in [0.15, 0.2) is 24.3 Å². The predicted molar refractivity (Wildman–Crippen MR) is 71.5 cm³/mol. The fourth-order valence-electron chi connectivity index (χ4n) is 1.50. The first-order chi connectivity index (χ1) is 9.25. The summed E-state index contributed by atoms with van der Waals surface area (Å²) in [6, 6.07) is 5.87. The molecular weight excluding hydrogens is 314 g/mol. The molecule has 2 rings (SSSR count). The highest BCUT2D eigenvalue weighted by atomic mass is 35.5. The Morgan fingerprint density at radius 1 is 1.10 bits per heavy atom. The molecular formula is C12H8Cl2F3N3. The molecule has 2 aromatic rings. The summed E-state index contributed by atoms with van der Waals surface area (Å²) in [6.07, 6.45) is -4.60. The number of rotatable bonds is 2. The van der Waals surface area contributed by atoms with E-state index in [1.807, 2.05) is 6.92 Å². The van der Waals surface area contributed by atoms with Crippen molar-refractivity contribution in [3.63, 3.8) is 0 Å². The zero-order valence-corrected chi connectivity index (χ0v) is 11.6. The predicted octanol–water partition coefficient (Wildman–Crippen LogP) is 4.85. The summed E-state index contributed by atoms with van der Waals surface area (Å²) in [5, 5.41) is 2.56. The first-order valence-electron chi connectivity index (χ1n) is 5.40. The van der Waals surface area contributed by atoms with E-state index in [-0.39, 0.29) is 5.82 Å². The lowest BCUT2D eigenvalue weighted by Crippen LogP contribution is -2.10. The molecule has 1 aromatic heterocycles. The number of anilines is 2. The van der Waals surface area contributed by atoms with Gasteiger partial charge in [0, 0.05) is 6.07 Å². The Morgan fingerprint density at radius 2 is 1.80 bits per heavy atom. The van der Waals surface area contributed by atoms with Crippen molar-refractivity contribution in [2.45, 2.75) is 13.1 Å². The van der Waals surface area contributed by atoms with Crippen molar-refractivity contribution in [3.05, 3.63) is 45.8 Å². The maximum atomic E-state index is 12.6. The first-order valence-corrected chi connectivity index (χ1v) is 6.16. The van der Waals surface area contributed by atoms with E-state index >= 15 is 0 Å². The smallest absolute Gasteiger partial charge is 0.339 e. The third-order valence-corrected chi connectivity index (χ3v) is 2.87. The van der Waals surface area contributed by atoms with E-state index < -0.39 is 17.2 Å². The number of nitrogens with zero attached hydrogens (tertiary/aromatic N) is 2. The Balaban J connectivity index is 2.39. The molecule has 0 spiro atoms. The van der Waals surface area contributed by atoms with Gasteiger partial charge in [-0.2, -0.15) is 13.2 Å². The number of aryl methyl sites for hydroxylation is 1. The Morgan fingerprint density at radius 3 is 2.45 bits per heavy atom. The van der Waals surface area contributed by atoms with E-state index in [0.717, 1.165) is 11.6 Å². The summed E-state index contributed by atoms with van der Waals surface area (Å²) in [6.45, 7) is 1.83. The Hall–Kier alpha value is -1.53. The monoisotopic (exact) mass is 321 g/mol. The van der Waals surface area contributed by atoms with Crippen LogP contribution in [0.5, 0.6) is 0 Å². The molecule has 1 aromatic carbocycles. The van der Waals surface area contributed by atoms with Gasteiger partial charge in [-0.25, -0.2) is 9.97 Å². The number of nitrogens with one attached hydrogen (secondary N) is 1. The summed E-state index contributed by atoms with van der Waals surface area (Å²) < 4.78 is 37.9. The second-order valence-corrected chi connectivity index (χ2v) is 4.76. The Bertz CT molecular complexity index is 644. The van der Waals surface area contributed by atoms with Crippen LogP contribution in [0.1, 0.15) is 11.3 Å². The number of hydrogen-bond acceptors (Lipinski definition) is 3. The number of aromatic nitrogens is 2. The molecule has 1 heterocycles. The molecule has 3 nitrogen and oxygen atoms in total. The third-order valence-electron chi connectivity index (χ3n) is 2.37. The van der Waals surface area contributed by atoms with Gasteiger partial charge in [0.15, 0.2) is 5.69 Å². The molecule has 0 radical (unpaired) electrons. The van der Waals surface area contributed by atoms with Crippen LogP contribution in [0.4, 0.5) is 24.7 Å². The largest absolute Gasteiger partial charge is 0.433 e. The van der Waals surface area contributed by atoms with E-state index in [1.165, 1.54) is 0 Å². The number of hydrogen-bond donors (Lipinski definition) is 1. The average Bonchev–Trinajstić information content (AvgIpc) is 2.32. The van der Waals surface area contributed by atoms with Crippen LogP contribution < -0.4 is 5.32 Å². The van der Waals surface area contributed by atoms with Gasteiger partial charge in [0.05, 0.1) is 10.7 Å². The van der Waals surface area contributed by atoms with Crippen LogP contribution in [0.2, 0.25) is 10.3 Å². The minimum Gasteiger partial charge on any atom is -0.339 e. The molecule has 0 saturated heterocycles. The molecule has 8 heteroatoms. The normalized spacial score (nSPS) is 11.5. The van der Waals surface area contributed by atoms with E-state index in [0.29, 0.717) is 10.7 Å². The molecule has 0 bridgehead atoms. The summed E-state index contributed by atoms with van der Waals surface area (Å²) in [4.78, 5) is 6.84. The van der Waals surface area contributed by atoms with Gasteiger partial charge in [0.1, 0.15) is 5.82 Å². The van der Waals surface area contributed by atoms with Gasteiger partial charge in [0.25, 0.3) is 0 Å². The number of alkyl halides is 3. The number of benzene rings is 1. The minimum absolute atomic E-state index is 0.0789. The molecule has 0 aliphatic heterocycles. The molecule has 0 unspecified atom stereocenters. The van der Waals surface area contributed by atoms with Crippen LogP contribution in [0.25, 0.3) is 0 Å². The summed E-state index contributed by atoms with van der Waals surface area (Å²) in [5.41, 5.74) is 0.214. The van der Waals surface area contributed by atoms with Gasteiger partial charge in [-0.1, -0.05) is 17.7 Å². The molecule has 20 heavy (non-hydrogen) atoms. The molecule has 0 saturated carbocycles. The molecule has 0 aliphatic rings. The fraction of sp³-hybridized carbons (Fsp3) is 0.167. The zero-order chi connectivity index (χ0) is 14.9. The Kier molecular flexibility index (Phi) is 4.06. The maximum Gasteiger partial charge on any atom is 0.433 e. The van der Waals surface area contributed by atoms with Gasteiger partial charge < -0.3 is 5.32 Å². The summed E-state index contributed by atoms with van der Waals surface area (Å²) >= 11 is 11.5. The Labute approximate surface area is 122 Å². The van der Waals surface area contributed by atoms with Crippen molar-refractivity contribution in [3.8, 4) is 0 Å². The van der Waals surface area contributed by atoms with Gasteiger partial charge in [0.2, 0.25) is 5.28 Å². The lowest BCUT2D eigenvalue weighted by Gasteiger charge is -2.11. The minimum atomic E-state index is -4.60.